The van der Waals surface area contributed by atoms with Gasteiger partial charge in [0.15, 0.2) is 11.5 Å². The first-order chi connectivity index (χ1) is 17.4. The second-order valence-corrected chi connectivity index (χ2v) is 8.80. The van der Waals surface area contributed by atoms with Gasteiger partial charge in [-0.3, -0.25) is 14.4 Å². The lowest BCUT2D eigenvalue weighted by Gasteiger charge is -2.28. The molecule has 190 valence electrons. The van der Waals surface area contributed by atoms with Crippen LogP contribution in [0.15, 0.2) is 42.5 Å². The third-order valence-corrected chi connectivity index (χ3v) is 6.43. The summed E-state index contributed by atoms with van der Waals surface area (Å²) in [7, 11) is 3.12. The van der Waals surface area contributed by atoms with E-state index in [4.69, 9.17) is 14.2 Å². The van der Waals surface area contributed by atoms with E-state index in [2.05, 4.69) is 0 Å². The van der Waals surface area contributed by atoms with Crippen LogP contribution in [-0.4, -0.2) is 62.0 Å². The van der Waals surface area contributed by atoms with Crippen LogP contribution in [0.1, 0.15) is 42.1 Å². The molecule has 36 heavy (non-hydrogen) atoms. The summed E-state index contributed by atoms with van der Waals surface area (Å²) in [5.41, 5.74) is 1.61. The molecule has 2 aromatic rings. The summed E-state index contributed by atoms with van der Waals surface area (Å²) in [5.74, 6) is -0.304. The zero-order valence-electron chi connectivity index (χ0n) is 20.7. The zero-order valence-corrected chi connectivity index (χ0v) is 20.7. The summed E-state index contributed by atoms with van der Waals surface area (Å²) >= 11 is 0. The number of esters is 1. The molecule has 0 bridgehead atoms. The van der Waals surface area contributed by atoms with Crippen molar-refractivity contribution in [3.8, 4) is 11.5 Å². The molecule has 2 aliphatic rings. The second kappa shape index (κ2) is 10.8. The molecular formula is C27H30N2O7. The van der Waals surface area contributed by atoms with Crippen molar-refractivity contribution >= 4 is 29.4 Å². The van der Waals surface area contributed by atoms with E-state index < -0.39 is 17.9 Å². The molecule has 3 amide bonds. The fraction of sp³-hybridized carbons (Fsp3) is 0.407. The molecule has 9 heteroatoms. The fourth-order valence-electron chi connectivity index (χ4n) is 4.36. The van der Waals surface area contributed by atoms with E-state index in [1.165, 1.54) is 12.1 Å². The average Bonchev–Trinajstić information content (AvgIpc) is 3.69. The maximum Gasteiger partial charge on any atom is 0.338 e. The first kappa shape index (κ1) is 25.2. The first-order valence-electron chi connectivity index (χ1n) is 12.0. The van der Waals surface area contributed by atoms with Crippen molar-refractivity contribution in [2.75, 3.05) is 32.3 Å². The summed E-state index contributed by atoms with van der Waals surface area (Å²) in [4.78, 5) is 54.1. The van der Waals surface area contributed by atoms with Crippen LogP contribution in [0.2, 0.25) is 0 Å². The van der Waals surface area contributed by atoms with Crippen LogP contribution in [0, 0.1) is 5.92 Å². The Morgan fingerprint density at radius 2 is 1.69 bits per heavy atom. The number of methoxy groups -OCH3 is 2. The van der Waals surface area contributed by atoms with Crippen molar-refractivity contribution in [2.45, 2.75) is 38.6 Å². The van der Waals surface area contributed by atoms with Gasteiger partial charge < -0.3 is 19.1 Å². The summed E-state index contributed by atoms with van der Waals surface area (Å²) in [6.07, 6.45) is 1.99. The standard InChI is InChI=1S/C27H30N2O7/c1-4-36-27(33)19-8-10-20(11-9-19)29-24(30)16-21(26(29)32)28(25(31)18-6-7-18)14-13-17-5-12-22(34-2)23(15-17)35-3/h5,8-12,15,18,21H,4,6-7,13-14,16H2,1-3H3. The Balaban J connectivity index is 1.52. The number of nitrogens with zero attached hydrogens (tertiary/aromatic N) is 2. The Kier molecular flexibility index (Phi) is 7.57. The van der Waals surface area contributed by atoms with Crippen LogP contribution in [0.5, 0.6) is 11.5 Å². The van der Waals surface area contributed by atoms with Gasteiger partial charge in [-0.2, -0.15) is 0 Å². The molecule has 1 atom stereocenters. The quantitative estimate of drug-likeness (QED) is 0.370. The SMILES string of the molecule is CCOC(=O)c1ccc(N2C(=O)CC(N(CCc3ccc(OC)c(OC)c3)C(=O)C3CC3)C2=O)cc1. The van der Waals surface area contributed by atoms with Gasteiger partial charge in [-0.1, -0.05) is 6.07 Å². The highest BCUT2D eigenvalue weighted by atomic mass is 16.5. The Morgan fingerprint density at radius 3 is 2.31 bits per heavy atom. The largest absolute Gasteiger partial charge is 0.493 e. The predicted octanol–water partition coefficient (Wildman–Crippen LogP) is 2.99. The highest BCUT2D eigenvalue weighted by Gasteiger charge is 2.46. The van der Waals surface area contributed by atoms with Gasteiger partial charge in [0.1, 0.15) is 6.04 Å². The van der Waals surface area contributed by atoms with Gasteiger partial charge >= 0.3 is 5.97 Å². The fourth-order valence-corrected chi connectivity index (χ4v) is 4.36. The van der Waals surface area contributed by atoms with Crippen LogP contribution in [0.4, 0.5) is 5.69 Å². The molecule has 0 spiro atoms. The maximum absolute atomic E-state index is 13.4. The molecular weight excluding hydrogens is 464 g/mol. The normalized spacial score (nSPS) is 17.2. The molecule has 1 heterocycles. The molecule has 1 unspecified atom stereocenters. The minimum absolute atomic E-state index is 0.0805. The van der Waals surface area contributed by atoms with Gasteiger partial charge in [-0.25, -0.2) is 9.69 Å². The van der Waals surface area contributed by atoms with E-state index in [0.29, 0.717) is 35.7 Å². The minimum Gasteiger partial charge on any atom is -0.493 e. The summed E-state index contributed by atoms with van der Waals surface area (Å²) in [6.45, 7) is 2.26. The number of amides is 3. The number of imide groups is 1. The Bertz CT molecular complexity index is 1160. The molecule has 1 saturated carbocycles. The van der Waals surface area contributed by atoms with Crippen LogP contribution < -0.4 is 14.4 Å². The number of anilines is 1. The minimum atomic E-state index is -0.865. The molecule has 0 radical (unpaired) electrons. The van der Waals surface area contributed by atoms with E-state index in [1.807, 2.05) is 12.1 Å². The van der Waals surface area contributed by atoms with Crippen molar-refractivity contribution in [3.05, 3.63) is 53.6 Å². The van der Waals surface area contributed by atoms with Crippen LogP contribution in [0.3, 0.4) is 0 Å². The van der Waals surface area contributed by atoms with Crippen LogP contribution in [0.25, 0.3) is 0 Å². The van der Waals surface area contributed by atoms with Crippen molar-refractivity contribution in [2.24, 2.45) is 5.92 Å². The molecule has 0 N–H and O–H groups in total. The summed E-state index contributed by atoms with van der Waals surface area (Å²) in [5, 5.41) is 0. The monoisotopic (exact) mass is 494 g/mol. The van der Waals surface area contributed by atoms with Crippen LogP contribution in [-0.2, 0) is 25.5 Å². The van der Waals surface area contributed by atoms with Gasteiger partial charge in [0.2, 0.25) is 11.8 Å². The molecule has 0 aromatic heterocycles. The van der Waals surface area contributed by atoms with E-state index in [-0.39, 0.29) is 30.8 Å². The molecule has 9 nitrogen and oxygen atoms in total. The number of rotatable bonds is 10. The van der Waals surface area contributed by atoms with E-state index in [1.54, 1.807) is 44.2 Å². The van der Waals surface area contributed by atoms with E-state index in [0.717, 1.165) is 23.3 Å². The van der Waals surface area contributed by atoms with Gasteiger partial charge in [0, 0.05) is 12.5 Å². The third kappa shape index (κ3) is 5.19. The van der Waals surface area contributed by atoms with Gasteiger partial charge in [0.25, 0.3) is 5.91 Å². The lowest BCUT2D eigenvalue weighted by atomic mass is 10.1. The highest BCUT2D eigenvalue weighted by molar-refractivity contribution is 6.23. The lowest BCUT2D eigenvalue weighted by Crippen LogP contribution is -2.47. The van der Waals surface area contributed by atoms with Crippen molar-refractivity contribution < 1.29 is 33.4 Å². The molecule has 1 aliphatic carbocycles. The van der Waals surface area contributed by atoms with Gasteiger partial charge in [-0.15, -0.1) is 0 Å². The summed E-state index contributed by atoms with van der Waals surface area (Å²) < 4.78 is 15.6. The van der Waals surface area contributed by atoms with E-state index in [9.17, 15) is 19.2 Å². The molecule has 1 aliphatic heterocycles. The smallest absolute Gasteiger partial charge is 0.338 e. The zero-order chi connectivity index (χ0) is 25.8. The van der Waals surface area contributed by atoms with E-state index >= 15 is 0 Å². The van der Waals surface area contributed by atoms with Crippen LogP contribution >= 0.6 is 0 Å². The number of benzene rings is 2. The number of hydrogen-bond acceptors (Lipinski definition) is 7. The maximum atomic E-state index is 13.4. The Hall–Kier alpha value is -3.88. The first-order valence-corrected chi connectivity index (χ1v) is 12.0. The third-order valence-electron chi connectivity index (χ3n) is 6.43. The number of hydrogen-bond donors (Lipinski definition) is 0. The number of carbonyl (C=O) groups is 4. The van der Waals surface area contributed by atoms with Crippen molar-refractivity contribution in [1.82, 2.24) is 4.90 Å². The summed E-state index contributed by atoms with van der Waals surface area (Å²) in [6, 6.07) is 10.8. The lowest BCUT2D eigenvalue weighted by molar-refractivity contribution is -0.139. The Labute approximate surface area is 209 Å². The Morgan fingerprint density at radius 1 is 1.00 bits per heavy atom. The second-order valence-electron chi connectivity index (χ2n) is 8.80. The number of carbonyl (C=O) groups excluding carboxylic acids is 4. The molecule has 4 rings (SSSR count). The van der Waals surface area contributed by atoms with Gasteiger partial charge in [-0.05, 0) is 68.1 Å². The van der Waals surface area contributed by atoms with Crippen molar-refractivity contribution in [3.63, 3.8) is 0 Å². The van der Waals surface area contributed by atoms with Crippen molar-refractivity contribution in [1.29, 1.82) is 0 Å². The average molecular weight is 495 g/mol. The molecule has 2 aromatic carbocycles. The topological polar surface area (TPSA) is 102 Å². The number of ether oxygens (including phenoxy) is 3. The van der Waals surface area contributed by atoms with Gasteiger partial charge in [0.05, 0.1) is 38.5 Å². The molecule has 2 fully saturated rings. The molecule has 1 saturated heterocycles. The predicted molar refractivity (Wildman–Crippen MR) is 131 cm³/mol. The highest BCUT2D eigenvalue weighted by Crippen LogP contribution is 2.35.